The number of fused-ring (bicyclic) bond motifs is 6. The van der Waals surface area contributed by atoms with Gasteiger partial charge in [-0.05, 0) is 30.3 Å². The zero-order valence-corrected chi connectivity index (χ0v) is 16.4. The van der Waals surface area contributed by atoms with E-state index in [4.69, 9.17) is 14.3 Å². The van der Waals surface area contributed by atoms with Crippen molar-refractivity contribution in [2.75, 3.05) is 7.05 Å². The first-order valence-electron chi connectivity index (χ1n) is 9.46. The van der Waals surface area contributed by atoms with Crippen LogP contribution < -0.4 is 15.1 Å². The molecule has 2 aliphatic heterocycles. The highest BCUT2D eigenvalue weighted by molar-refractivity contribution is 5.97. The topological polar surface area (TPSA) is 77.0 Å². The SMILES string of the molecule is CC.CNOc1ccc2c(c1)Oc1cc(O)ccc1C21OC(=O)c2ccccc21. The van der Waals surface area contributed by atoms with E-state index in [1.807, 2.05) is 32.0 Å². The number of phenols is 1. The van der Waals surface area contributed by atoms with Gasteiger partial charge >= 0.3 is 5.97 Å². The van der Waals surface area contributed by atoms with Gasteiger partial charge in [0.1, 0.15) is 17.2 Å². The molecule has 29 heavy (non-hydrogen) atoms. The molecule has 3 aromatic rings. The van der Waals surface area contributed by atoms with Gasteiger partial charge < -0.3 is 19.4 Å². The van der Waals surface area contributed by atoms with Gasteiger partial charge in [0, 0.05) is 35.9 Å². The van der Waals surface area contributed by atoms with Gasteiger partial charge in [0.15, 0.2) is 11.4 Å². The van der Waals surface area contributed by atoms with E-state index in [9.17, 15) is 9.90 Å². The van der Waals surface area contributed by atoms with Crippen LogP contribution in [0, 0.1) is 0 Å². The molecule has 2 heterocycles. The van der Waals surface area contributed by atoms with Crippen molar-refractivity contribution in [2.45, 2.75) is 19.4 Å². The lowest BCUT2D eigenvalue weighted by Crippen LogP contribution is -2.33. The van der Waals surface area contributed by atoms with Crippen LogP contribution in [-0.2, 0) is 10.3 Å². The maximum atomic E-state index is 12.6. The third-order valence-corrected chi connectivity index (χ3v) is 4.89. The Labute approximate surface area is 168 Å². The summed E-state index contributed by atoms with van der Waals surface area (Å²) >= 11 is 0. The monoisotopic (exact) mass is 391 g/mol. The Morgan fingerprint density at radius 3 is 2.38 bits per heavy atom. The summed E-state index contributed by atoms with van der Waals surface area (Å²) in [6.45, 7) is 4.00. The van der Waals surface area contributed by atoms with Gasteiger partial charge in [-0.3, -0.25) is 0 Å². The molecule has 2 N–H and O–H groups in total. The van der Waals surface area contributed by atoms with Crippen LogP contribution in [0.1, 0.15) is 40.9 Å². The van der Waals surface area contributed by atoms with Gasteiger partial charge in [-0.15, -0.1) is 0 Å². The lowest BCUT2D eigenvalue weighted by molar-refractivity contribution is 0.0224. The molecule has 0 aliphatic carbocycles. The molecule has 6 nitrogen and oxygen atoms in total. The Bertz CT molecular complexity index is 1090. The van der Waals surface area contributed by atoms with Crippen LogP contribution >= 0.6 is 0 Å². The zero-order valence-electron chi connectivity index (χ0n) is 16.4. The number of benzene rings is 3. The number of ether oxygens (including phenoxy) is 2. The minimum absolute atomic E-state index is 0.0626. The predicted octanol–water partition coefficient (Wildman–Crippen LogP) is 4.50. The largest absolute Gasteiger partial charge is 0.508 e. The molecule has 6 heteroatoms. The summed E-state index contributed by atoms with van der Waals surface area (Å²) in [5.41, 5.74) is 4.10. The maximum absolute atomic E-state index is 12.6. The number of hydrogen-bond acceptors (Lipinski definition) is 6. The lowest BCUT2D eigenvalue weighted by Gasteiger charge is -2.36. The molecule has 3 aromatic carbocycles. The molecule has 0 saturated heterocycles. The van der Waals surface area contributed by atoms with E-state index >= 15 is 0 Å². The third kappa shape index (κ3) is 2.72. The summed E-state index contributed by atoms with van der Waals surface area (Å²) in [6, 6.07) is 17.4. The van der Waals surface area contributed by atoms with Crippen molar-refractivity contribution in [3.8, 4) is 23.0 Å². The Kier molecular flexibility index (Phi) is 4.64. The second-order valence-corrected chi connectivity index (χ2v) is 6.36. The van der Waals surface area contributed by atoms with Crippen LogP contribution in [0.3, 0.4) is 0 Å². The number of nitrogens with one attached hydrogen (secondary N) is 1. The number of hydroxylamine groups is 1. The molecule has 0 amide bonds. The number of carbonyl (C=O) groups excluding carboxylic acids is 1. The highest BCUT2D eigenvalue weighted by Gasteiger charge is 2.53. The van der Waals surface area contributed by atoms with Gasteiger partial charge in [-0.2, -0.15) is 5.48 Å². The van der Waals surface area contributed by atoms with E-state index in [0.29, 0.717) is 33.9 Å². The van der Waals surface area contributed by atoms with Gasteiger partial charge in [-0.25, -0.2) is 4.79 Å². The summed E-state index contributed by atoms with van der Waals surface area (Å²) in [5.74, 6) is 1.13. The van der Waals surface area contributed by atoms with Crippen molar-refractivity contribution in [3.05, 3.63) is 82.9 Å². The van der Waals surface area contributed by atoms with Crippen molar-refractivity contribution in [1.82, 2.24) is 5.48 Å². The fourth-order valence-electron chi connectivity index (χ4n) is 3.83. The van der Waals surface area contributed by atoms with Crippen molar-refractivity contribution in [3.63, 3.8) is 0 Å². The Morgan fingerprint density at radius 2 is 1.62 bits per heavy atom. The average Bonchev–Trinajstić information content (AvgIpc) is 3.03. The number of esters is 1. The fraction of sp³-hybridized carbons (Fsp3) is 0.174. The van der Waals surface area contributed by atoms with E-state index in [1.54, 1.807) is 43.4 Å². The van der Waals surface area contributed by atoms with Crippen molar-refractivity contribution in [1.29, 1.82) is 0 Å². The average molecular weight is 391 g/mol. The van der Waals surface area contributed by atoms with Crippen LogP contribution in [0.4, 0.5) is 0 Å². The summed E-state index contributed by atoms with van der Waals surface area (Å²) < 4.78 is 12.0. The lowest BCUT2D eigenvalue weighted by atomic mass is 9.77. The Morgan fingerprint density at radius 1 is 0.931 bits per heavy atom. The summed E-state index contributed by atoms with van der Waals surface area (Å²) in [7, 11) is 1.66. The molecule has 148 valence electrons. The predicted molar refractivity (Wildman–Crippen MR) is 107 cm³/mol. The molecule has 2 aliphatic rings. The second-order valence-electron chi connectivity index (χ2n) is 6.36. The third-order valence-electron chi connectivity index (χ3n) is 4.89. The Balaban J connectivity index is 0.000000994. The van der Waals surface area contributed by atoms with Gasteiger partial charge in [-0.1, -0.05) is 32.0 Å². The van der Waals surface area contributed by atoms with Crippen LogP contribution in [0.15, 0.2) is 60.7 Å². The van der Waals surface area contributed by atoms with E-state index in [-0.39, 0.29) is 5.75 Å². The van der Waals surface area contributed by atoms with Gasteiger partial charge in [0.25, 0.3) is 0 Å². The van der Waals surface area contributed by atoms with Crippen molar-refractivity contribution >= 4 is 5.97 Å². The van der Waals surface area contributed by atoms with E-state index in [2.05, 4.69) is 5.48 Å². The standard InChI is InChI=1S/C21H15NO5.C2H6/c1-22-27-13-7-9-17-19(11-13)25-18-10-12(23)6-8-16(18)21(17)15-5-3-2-4-14(15)20(24)26-21;1-2/h2-11,22-23H,1H3;1-2H3. The highest BCUT2D eigenvalue weighted by Crippen LogP contribution is 2.56. The van der Waals surface area contributed by atoms with Crippen LogP contribution in [0.2, 0.25) is 0 Å². The van der Waals surface area contributed by atoms with Gasteiger partial charge in [0.05, 0.1) is 5.56 Å². The van der Waals surface area contributed by atoms with Crippen molar-refractivity contribution < 1.29 is 24.2 Å². The molecule has 1 unspecified atom stereocenters. The first kappa shape index (κ1) is 18.8. The van der Waals surface area contributed by atoms with Gasteiger partial charge in [0.2, 0.25) is 0 Å². The molecule has 0 fully saturated rings. The molecule has 5 rings (SSSR count). The molecule has 0 bridgehead atoms. The minimum atomic E-state index is -1.14. The maximum Gasteiger partial charge on any atom is 0.340 e. The van der Waals surface area contributed by atoms with Crippen LogP contribution in [-0.4, -0.2) is 18.1 Å². The molecule has 1 spiro atoms. The summed E-state index contributed by atoms with van der Waals surface area (Å²) in [6.07, 6.45) is 0. The quantitative estimate of drug-likeness (QED) is 0.495. The van der Waals surface area contributed by atoms with Crippen LogP contribution in [0.5, 0.6) is 23.0 Å². The molecule has 0 radical (unpaired) electrons. The first-order valence-corrected chi connectivity index (χ1v) is 9.46. The minimum Gasteiger partial charge on any atom is -0.508 e. The first-order chi connectivity index (χ1) is 14.1. The molecular weight excluding hydrogens is 370 g/mol. The number of aromatic hydroxyl groups is 1. The smallest absolute Gasteiger partial charge is 0.340 e. The van der Waals surface area contributed by atoms with E-state index < -0.39 is 11.6 Å². The second kappa shape index (κ2) is 7.14. The van der Waals surface area contributed by atoms with Crippen molar-refractivity contribution in [2.24, 2.45) is 0 Å². The number of rotatable bonds is 2. The zero-order chi connectivity index (χ0) is 20.6. The normalized spacial score (nSPS) is 17.8. The highest BCUT2D eigenvalue weighted by atomic mass is 16.6. The number of hydrogen-bond donors (Lipinski definition) is 2. The summed E-state index contributed by atoms with van der Waals surface area (Å²) in [4.78, 5) is 18.0. The summed E-state index contributed by atoms with van der Waals surface area (Å²) in [5, 5.41) is 9.93. The molecule has 0 aromatic heterocycles. The molecule has 1 atom stereocenters. The number of carbonyl (C=O) groups is 1. The van der Waals surface area contributed by atoms with Crippen LogP contribution in [0.25, 0.3) is 0 Å². The number of phenolic OH excluding ortho intramolecular Hbond substituents is 1. The Hall–Kier alpha value is -3.51. The van der Waals surface area contributed by atoms with E-state index in [0.717, 1.165) is 5.56 Å². The molecule has 0 saturated carbocycles. The molecular formula is C23H21NO5. The fourth-order valence-corrected chi connectivity index (χ4v) is 3.83. The van der Waals surface area contributed by atoms with E-state index in [1.165, 1.54) is 6.07 Å².